The van der Waals surface area contributed by atoms with Gasteiger partial charge in [0, 0.05) is 57.5 Å². The fourth-order valence-electron chi connectivity index (χ4n) is 5.52. The number of hydrogen-bond acceptors (Lipinski definition) is 10. The van der Waals surface area contributed by atoms with Crippen LogP contribution < -0.4 is 5.32 Å². The van der Waals surface area contributed by atoms with Gasteiger partial charge < -0.3 is 24.1 Å². The minimum atomic E-state index is -0.0533. The highest BCUT2D eigenvalue weighted by Crippen LogP contribution is 2.46. The van der Waals surface area contributed by atoms with Gasteiger partial charge in [-0.2, -0.15) is 0 Å². The molecule has 4 aromatic rings. The second kappa shape index (κ2) is 14.2. The van der Waals surface area contributed by atoms with Crippen LogP contribution in [0.3, 0.4) is 0 Å². The molecule has 0 radical (unpaired) electrons. The largest absolute Gasteiger partial charge is 0.421 e. The lowest BCUT2D eigenvalue weighted by atomic mass is 9.90. The molecule has 1 amide bonds. The molecule has 6 rings (SSSR count). The van der Waals surface area contributed by atoms with Crippen molar-refractivity contribution in [2.24, 2.45) is 5.92 Å². The molecule has 10 nitrogen and oxygen atoms in total. The summed E-state index contributed by atoms with van der Waals surface area (Å²) in [6.45, 7) is 10.3. The number of anilines is 1. The molecule has 4 aromatic heterocycles. The van der Waals surface area contributed by atoms with Gasteiger partial charge in [-0.05, 0) is 55.5 Å². The molecule has 228 valence electrons. The summed E-state index contributed by atoms with van der Waals surface area (Å²) in [4.78, 5) is 26.2. The Balaban J connectivity index is 0.000000868. The molecule has 1 fully saturated rings. The molecule has 0 aliphatic carbocycles. The number of hydrogen-bond donors (Lipinski definition) is 1. The number of fused-ring (bicyclic) bond motifs is 2. The third-order valence-electron chi connectivity index (χ3n) is 7.83. The lowest BCUT2D eigenvalue weighted by Gasteiger charge is -2.22. The standard InChI is InChI=1S/C28H32N6O4S.C4H8/c1-16-32-33-27(38-16)22-19(5-4-17-7-11-37-12-8-17)31-20-15-34(10-13-36-3)28(35)23(20)24(22)21-14-18-6-9-30-26(29-2)25(18)39-21;1-3-4-2/h6,9,14,17H,4-5,7-8,10-13,15H2,1-3H3,(H,29,30);3H,1,4H2,2H3. The van der Waals surface area contributed by atoms with E-state index >= 15 is 0 Å². The van der Waals surface area contributed by atoms with Gasteiger partial charge in [-0.25, -0.2) is 4.98 Å². The predicted octanol–water partition coefficient (Wildman–Crippen LogP) is 6.30. The van der Waals surface area contributed by atoms with Crippen LogP contribution in [0.1, 0.15) is 60.2 Å². The first kappa shape index (κ1) is 30.8. The SMILES string of the molecule is C=CCC.CNc1nccc2cc(-c3c4c(nc(CCC5CCOCC5)c3-c3nnc(C)o3)CN(CCOC)C4=O)sc12. The zero-order valence-electron chi connectivity index (χ0n) is 25.4. The fourth-order valence-corrected chi connectivity index (χ4v) is 6.73. The van der Waals surface area contributed by atoms with E-state index in [1.54, 1.807) is 31.6 Å². The molecule has 1 N–H and O–H groups in total. The van der Waals surface area contributed by atoms with Crippen molar-refractivity contribution in [1.29, 1.82) is 0 Å². The van der Waals surface area contributed by atoms with Crippen LogP contribution in [0.15, 0.2) is 35.4 Å². The Hall–Kier alpha value is -3.67. The number of aromatic nitrogens is 4. The number of carbonyl (C=O) groups excluding carboxylic acids is 1. The number of thiophene rings is 1. The molecule has 43 heavy (non-hydrogen) atoms. The normalized spacial score (nSPS) is 15.0. The Labute approximate surface area is 256 Å². The first-order valence-corrected chi connectivity index (χ1v) is 15.7. The Morgan fingerprint density at radius 1 is 1.23 bits per heavy atom. The number of nitrogens with one attached hydrogen (secondary N) is 1. The van der Waals surface area contributed by atoms with E-state index in [9.17, 15) is 4.79 Å². The maximum absolute atomic E-state index is 13.9. The average molecular weight is 605 g/mol. The maximum Gasteiger partial charge on any atom is 0.256 e. The van der Waals surface area contributed by atoms with Crippen molar-refractivity contribution in [1.82, 2.24) is 25.1 Å². The van der Waals surface area contributed by atoms with E-state index in [-0.39, 0.29) is 5.91 Å². The van der Waals surface area contributed by atoms with E-state index in [1.165, 1.54) is 0 Å². The summed E-state index contributed by atoms with van der Waals surface area (Å²) in [6.07, 6.45) is 8.58. The lowest BCUT2D eigenvalue weighted by Crippen LogP contribution is -2.27. The summed E-state index contributed by atoms with van der Waals surface area (Å²) in [5.74, 6) is 2.19. The minimum absolute atomic E-state index is 0.0533. The van der Waals surface area contributed by atoms with E-state index in [2.05, 4.69) is 40.1 Å². The second-order valence-corrected chi connectivity index (χ2v) is 11.8. The summed E-state index contributed by atoms with van der Waals surface area (Å²) in [5, 5.41) is 12.8. The monoisotopic (exact) mass is 604 g/mol. The molecule has 11 heteroatoms. The molecular weight excluding hydrogens is 564 g/mol. The van der Waals surface area contributed by atoms with E-state index in [1.807, 2.05) is 24.1 Å². The van der Waals surface area contributed by atoms with E-state index in [0.717, 1.165) is 88.6 Å². The van der Waals surface area contributed by atoms with Crippen LogP contribution in [-0.4, -0.2) is 71.5 Å². The number of amides is 1. The van der Waals surface area contributed by atoms with Crippen LogP contribution in [0.2, 0.25) is 0 Å². The molecule has 0 atom stereocenters. The first-order chi connectivity index (χ1) is 21.0. The van der Waals surface area contributed by atoms with Gasteiger partial charge in [0.25, 0.3) is 5.91 Å². The van der Waals surface area contributed by atoms with Crippen molar-refractivity contribution >= 4 is 33.1 Å². The molecule has 0 unspecified atom stereocenters. The van der Waals surface area contributed by atoms with E-state index < -0.39 is 0 Å². The summed E-state index contributed by atoms with van der Waals surface area (Å²) < 4.78 is 17.9. The molecule has 1 saturated heterocycles. The van der Waals surface area contributed by atoms with Crippen molar-refractivity contribution in [3.05, 3.63) is 53.8 Å². The van der Waals surface area contributed by atoms with E-state index in [4.69, 9.17) is 18.9 Å². The van der Waals surface area contributed by atoms with Crippen molar-refractivity contribution < 1.29 is 18.7 Å². The van der Waals surface area contributed by atoms with Crippen LogP contribution in [0.4, 0.5) is 5.82 Å². The number of methoxy groups -OCH3 is 1. The van der Waals surface area contributed by atoms with Crippen LogP contribution in [0.25, 0.3) is 32.0 Å². The molecule has 2 aliphatic rings. The van der Waals surface area contributed by atoms with Crippen molar-refractivity contribution in [2.75, 3.05) is 45.8 Å². The van der Waals surface area contributed by atoms with Gasteiger partial charge in [-0.1, -0.05) is 13.0 Å². The molecule has 6 heterocycles. The zero-order chi connectivity index (χ0) is 30.3. The third kappa shape index (κ3) is 6.63. The Morgan fingerprint density at radius 3 is 2.70 bits per heavy atom. The van der Waals surface area contributed by atoms with Crippen LogP contribution in [0, 0.1) is 12.8 Å². The van der Waals surface area contributed by atoms with Crippen LogP contribution in [0.5, 0.6) is 0 Å². The van der Waals surface area contributed by atoms with Crippen molar-refractivity contribution in [3.63, 3.8) is 0 Å². The number of allylic oxidation sites excluding steroid dienone is 1. The number of pyridine rings is 2. The van der Waals surface area contributed by atoms with Crippen molar-refractivity contribution in [2.45, 2.75) is 52.5 Å². The number of nitrogens with zero attached hydrogens (tertiary/aromatic N) is 5. The highest BCUT2D eigenvalue weighted by Gasteiger charge is 2.36. The topological polar surface area (TPSA) is 116 Å². The van der Waals surface area contributed by atoms with Gasteiger partial charge in [-0.15, -0.1) is 28.1 Å². The smallest absolute Gasteiger partial charge is 0.256 e. The molecular formula is C32H40N6O4S. The minimum Gasteiger partial charge on any atom is -0.421 e. The Bertz CT molecular complexity index is 1580. The van der Waals surface area contributed by atoms with Gasteiger partial charge >= 0.3 is 0 Å². The van der Waals surface area contributed by atoms with Crippen molar-refractivity contribution in [3.8, 4) is 21.9 Å². The quantitative estimate of drug-likeness (QED) is 0.208. The molecule has 0 aromatic carbocycles. The average Bonchev–Trinajstić information content (AvgIpc) is 3.75. The third-order valence-corrected chi connectivity index (χ3v) is 9.00. The fraction of sp³-hybridized carbons (Fsp3) is 0.469. The molecule has 0 spiro atoms. The number of rotatable bonds is 10. The van der Waals surface area contributed by atoms with E-state index in [0.29, 0.717) is 43.0 Å². The van der Waals surface area contributed by atoms with Crippen LogP contribution >= 0.6 is 11.3 Å². The number of ether oxygens (including phenoxy) is 2. The number of aryl methyl sites for hydroxylation is 2. The Morgan fingerprint density at radius 2 is 2.02 bits per heavy atom. The van der Waals surface area contributed by atoms with Gasteiger partial charge in [-0.3, -0.25) is 9.78 Å². The van der Waals surface area contributed by atoms with Crippen LogP contribution in [-0.2, 0) is 22.4 Å². The zero-order valence-corrected chi connectivity index (χ0v) is 26.3. The lowest BCUT2D eigenvalue weighted by molar-refractivity contribution is 0.0639. The highest BCUT2D eigenvalue weighted by atomic mass is 32.1. The first-order valence-electron chi connectivity index (χ1n) is 14.9. The summed E-state index contributed by atoms with van der Waals surface area (Å²) in [5.41, 5.74) is 3.87. The van der Waals surface area contributed by atoms with Gasteiger partial charge in [0.15, 0.2) is 0 Å². The summed E-state index contributed by atoms with van der Waals surface area (Å²) in [6, 6.07) is 4.12. The summed E-state index contributed by atoms with van der Waals surface area (Å²) >= 11 is 1.60. The number of carbonyl (C=O) groups is 1. The predicted molar refractivity (Wildman–Crippen MR) is 169 cm³/mol. The Kier molecular flexibility index (Phi) is 10.2. The summed E-state index contributed by atoms with van der Waals surface area (Å²) in [7, 11) is 3.51. The second-order valence-electron chi connectivity index (χ2n) is 10.7. The maximum atomic E-state index is 13.9. The molecule has 0 bridgehead atoms. The van der Waals surface area contributed by atoms with Gasteiger partial charge in [0.2, 0.25) is 11.8 Å². The molecule has 2 aliphatic heterocycles. The van der Waals surface area contributed by atoms with Gasteiger partial charge in [0.05, 0.1) is 40.4 Å². The highest BCUT2D eigenvalue weighted by molar-refractivity contribution is 7.23. The molecule has 0 saturated carbocycles. The van der Waals surface area contributed by atoms with Gasteiger partial charge in [0.1, 0.15) is 5.82 Å².